The molecule has 1 aromatic rings. The van der Waals surface area contributed by atoms with Gasteiger partial charge in [0.05, 0.1) is 7.11 Å². The number of rotatable bonds is 6. The van der Waals surface area contributed by atoms with E-state index in [1.165, 1.54) is 11.8 Å². The summed E-state index contributed by atoms with van der Waals surface area (Å²) in [5.41, 5.74) is 0.674. The van der Waals surface area contributed by atoms with E-state index in [0.717, 1.165) is 12.2 Å². The van der Waals surface area contributed by atoms with Gasteiger partial charge in [0.25, 0.3) is 0 Å². The van der Waals surface area contributed by atoms with E-state index in [2.05, 4.69) is 15.6 Å². The molecule has 1 saturated heterocycles. The molecule has 2 atom stereocenters. The molecule has 2 rings (SSSR count). The standard InChI is InChI=1S/C16H21N3O3S/c1-4-10(2)17-16-19-15(21)13(23-16)9-14(20)18-11-5-7-12(22-3)8-6-11/h5-8,10,13H,4,9H2,1-3H3,(H,18,20)(H,17,19,21)/t10-,13-/m0/s1. The summed E-state index contributed by atoms with van der Waals surface area (Å²) in [5, 5.41) is 5.68. The molecule has 0 aliphatic carbocycles. The number of nitrogens with one attached hydrogen (secondary N) is 2. The van der Waals surface area contributed by atoms with Gasteiger partial charge in [-0.25, -0.2) is 0 Å². The summed E-state index contributed by atoms with van der Waals surface area (Å²) in [6, 6.07) is 7.21. The van der Waals surface area contributed by atoms with Gasteiger partial charge in [-0.05, 0) is 37.6 Å². The summed E-state index contributed by atoms with van der Waals surface area (Å²) in [6.07, 6.45) is 1.02. The van der Waals surface area contributed by atoms with Crippen LogP contribution in [0.15, 0.2) is 29.3 Å². The van der Waals surface area contributed by atoms with Gasteiger partial charge in [0, 0.05) is 18.2 Å². The summed E-state index contributed by atoms with van der Waals surface area (Å²) in [6.45, 7) is 4.03. The molecule has 1 fully saturated rings. The zero-order chi connectivity index (χ0) is 16.8. The second-order valence-electron chi connectivity index (χ2n) is 5.27. The second kappa shape index (κ2) is 8.01. The highest BCUT2D eigenvalue weighted by molar-refractivity contribution is 8.15. The molecular formula is C16H21N3O3S. The fourth-order valence-electron chi connectivity index (χ4n) is 1.95. The van der Waals surface area contributed by atoms with Crippen molar-refractivity contribution in [3.63, 3.8) is 0 Å². The highest BCUT2D eigenvalue weighted by Gasteiger charge is 2.32. The first-order chi connectivity index (χ1) is 11.0. The maximum absolute atomic E-state index is 12.1. The maximum Gasteiger partial charge on any atom is 0.240 e. The lowest BCUT2D eigenvalue weighted by molar-refractivity contribution is -0.122. The number of carbonyl (C=O) groups is 2. The lowest BCUT2D eigenvalue weighted by Crippen LogP contribution is -2.28. The topological polar surface area (TPSA) is 79.8 Å². The Morgan fingerprint density at radius 2 is 2.13 bits per heavy atom. The number of carbonyl (C=O) groups excluding carboxylic acids is 2. The van der Waals surface area contributed by atoms with E-state index in [1.54, 1.807) is 31.4 Å². The third-order valence-electron chi connectivity index (χ3n) is 3.45. The van der Waals surface area contributed by atoms with E-state index in [1.807, 2.05) is 13.8 Å². The van der Waals surface area contributed by atoms with Gasteiger partial charge in [0.1, 0.15) is 11.0 Å². The van der Waals surface area contributed by atoms with Crippen LogP contribution >= 0.6 is 11.8 Å². The summed E-state index contributed by atoms with van der Waals surface area (Å²) < 4.78 is 5.07. The number of amides is 2. The third kappa shape index (κ3) is 4.99. The van der Waals surface area contributed by atoms with Gasteiger partial charge in [-0.2, -0.15) is 0 Å². The Morgan fingerprint density at radius 1 is 1.43 bits per heavy atom. The van der Waals surface area contributed by atoms with Crippen molar-refractivity contribution in [2.45, 2.75) is 38.0 Å². The molecule has 2 amide bonds. The van der Waals surface area contributed by atoms with E-state index in [9.17, 15) is 9.59 Å². The Labute approximate surface area is 140 Å². The fourth-order valence-corrected chi connectivity index (χ4v) is 3.02. The Balaban J connectivity index is 1.89. The van der Waals surface area contributed by atoms with Crippen LogP contribution in [-0.2, 0) is 9.59 Å². The van der Waals surface area contributed by atoms with Gasteiger partial charge in [0.2, 0.25) is 11.8 Å². The highest BCUT2D eigenvalue weighted by Crippen LogP contribution is 2.24. The largest absolute Gasteiger partial charge is 0.497 e. The van der Waals surface area contributed by atoms with Crippen molar-refractivity contribution < 1.29 is 14.3 Å². The van der Waals surface area contributed by atoms with Crippen molar-refractivity contribution >= 4 is 34.4 Å². The van der Waals surface area contributed by atoms with Gasteiger partial charge in [-0.3, -0.25) is 14.6 Å². The molecule has 0 saturated carbocycles. The van der Waals surface area contributed by atoms with Crippen molar-refractivity contribution in [2.75, 3.05) is 12.4 Å². The smallest absolute Gasteiger partial charge is 0.240 e. The quantitative estimate of drug-likeness (QED) is 0.837. The first-order valence-electron chi connectivity index (χ1n) is 7.51. The maximum atomic E-state index is 12.1. The predicted molar refractivity (Wildman–Crippen MR) is 93.0 cm³/mol. The first kappa shape index (κ1) is 17.3. The second-order valence-corrected chi connectivity index (χ2v) is 6.46. The molecule has 1 aliphatic heterocycles. The number of hydrogen-bond acceptors (Lipinski definition) is 5. The van der Waals surface area contributed by atoms with Gasteiger partial charge in [0.15, 0.2) is 5.17 Å². The minimum atomic E-state index is -0.434. The Morgan fingerprint density at radius 3 is 2.74 bits per heavy atom. The summed E-state index contributed by atoms with van der Waals surface area (Å²) in [7, 11) is 1.59. The van der Waals surface area contributed by atoms with Crippen LogP contribution in [0, 0.1) is 0 Å². The normalized spacial score (nSPS) is 20.2. The van der Waals surface area contributed by atoms with Gasteiger partial charge >= 0.3 is 0 Å². The van der Waals surface area contributed by atoms with Gasteiger partial charge < -0.3 is 15.4 Å². The van der Waals surface area contributed by atoms with E-state index in [4.69, 9.17) is 4.74 Å². The summed E-state index contributed by atoms with van der Waals surface area (Å²) in [5.74, 6) is 0.356. The van der Waals surface area contributed by atoms with E-state index in [-0.39, 0.29) is 24.3 Å². The van der Waals surface area contributed by atoms with Crippen LogP contribution in [0.3, 0.4) is 0 Å². The van der Waals surface area contributed by atoms with Crippen LogP contribution in [0.5, 0.6) is 5.75 Å². The van der Waals surface area contributed by atoms with Crippen LogP contribution in [0.2, 0.25) is 0 Å². The van der Waals surface area contributed by atoms with Crippen molar-refractivity contribution in [1.82, 2.24) is 5.32 Å². The molecule has 6 nitrogen and oxygen atoms in total. The molecule has 0 radical (unpaired) electrons. The summed E-state index contributed by atoms with van der Waals surface area (Å²) in [4.78, 5) is 28.4. The van der Waals surface area contributed by atoms with E-state index >= 15 is 0 Å². The summed E-state index contributed by atoms with van der Waals surface area (Å²) >= 11 is 1.32. The number of benzene rings is 1. The van der Waals surface area contributed by atoms with Crippen molar-refractivity contribution in [3.05, 3.63) is 24.3 Å². The first-order valence-corrected chi connectivity index (χ1v) is 8.39. The average molecular weight is 335 g/mol. The van der Waals surface area contributed by atoms with E-state index in [0.29, 0.717) is 10.9 Å². The molecule has 124 valence electrons. The zero-order valence-corrected chi connectivity index (χ0v) is 14.3. The van der Waals surface area contributed by atoms with E-state index < -0.39 is 5.25 Å². The Hall–Kier alpha value is -2.02. The molecule has 1 aliphatic rings. The SMILES string of the molecule is CC[C@H](C)N=C1NC(=O)[C@H](CC(=O)Nc2ccc(OC)cc2)S1. The fraction of sp³-hybridized carbons (Fsp3) is 0.438. The number of methoxy groups -OCH3 is 1. The molecule has 1 aromatic carbocycles. The van der Waals surface area contributed by atoms with Crippen molar-refractivity contribution in [2.24, 2.45) is 4.99 Å². The lowest BCUT2D eigenvalue weighted by atomic mass is 10.2. The van der Waals surface area contributed by atoms with Gasteiger partial charge in [-0.1, -0.05) is 18.7 Å². The zero-order valence-electron chi connectivity index (χ0n) is 13.5. The highest BCUT2D eigenvalue weighted by atomic mass is 32.2. The number of ether oxygens (including phenoxy) is 1. The number of anilines is 1. The van der Waals surface area contributed by atoms with Crippen LogP contribution in [0.1, 0.15) is 26.7 Å². The third-order valence-corrected chi connectivity index (χ3v) is 4.55. The van der Waals surface area contributed by atoms with Crippen molar-refractivity contribution in [3.8, 4) is 5.75 Å². The van der Waals surface area contributed by atoms with Crippen LogP contribution < -0.4 is 15.4 Å². The number of aliphatic imine (C=N–C) groups is 1. The Bertz CT molecular complexity index is 601. The molecule has 0 spiro atoms. The monoisotopic (exact) mass is 335 g/mol. The average Bonchev–Trinajstić information content (AvgIpc) is 2.87. The molecule has 1 heterocycles. The molecule has 2 N–H and O–H groups in total. The molecule has 0 aromatic heterocycles. The van der Waals surface area contributed by atoms with Gasteiger partial charge in [-0.15, -0.1) is 0 Å². The molecule has 7 heteroatoms. The number of thioether (sulfide) groups is 1. The van der Waals surface area contributed by atoms with Crippen LogP contribution in [-0.4, -0.2) is 35.4 Å². The molecule has 23 heavy (non-hydrogen) atoms. The molecule has 0 bridgehead atoms. The number of hydrogen-bond donors (Lipinski definition) is 2. The van der Waals surface area contributed by atoms with Crippen LogP contribution in [0.25, 0.3) is 0 Å². The predicted octanol–water partition coefficient (Wildman–Crippen LogP) is 2.41. The number of nitrogens with zero attached hydrogens (tertiary/aromatic N) is 1. The van der Waals surface area contributed by atoms with Crippen LogP contribution in [0.4, 0.5) is 5.69 Å². The Kier molecular flexibility index (Phi) is 6.04. The lowest BCUT2D eigenvalue weighted by Gasteiger charge is -2.08. The molecular weight excluding hydrogens is 314 g/mol. The number of amidine groups is 1. The molecule has 0 unspecified atom stereocenters. The minimum absolute atomic E-state index is 0.113. The van der Waals surface area contributed by atoms with Crippen molar-refractivity contribution in [1.29, 1.82) is 0 Å². The minimum Gasteiger partial charge on any atom is -0.497 e.